The van der Waals surface area contributed by atoms with Gasteiger partial charge in [0.25, 0.3) is 0 Å². The Kier molecular flexibility index (Phi) is 3.06. The van der Waals surface area contributed by atoms with E-state index in [1.165, 1.54) is 42.6 Å². The second kappa shape index (κ2) is 4.69. The first-order valence-electron chi connectivity index (χ1n) is 6.82. The number of rotatable bonds is 3. The zero-order valence-corrected chi connectivity index (χ0v) is 10.5. The fourth-order valence-corrected chi connectivity index (χ4v) is 3.08. The van der Waals surface area contributed by atoms with E-state index in [9.17, 15) is 0 Å². The maximum atomic E-state index is 5.92. The Morgan fingerprint density at radius 1 is 1.29 bits per heavy atom. The first kappa shape index (κ1) is 11.1. The summed E-state index contributed by atoms with van der Waals surface area (Å²) in [6, 6.07) is 7.12. The van der Waals surface area contributed by atoms with Crippen molar-refractivity contribution in [1.82, 2.24) is 5.32 Å². The number of hydrogen-bond acceptors (Lipinski definition) is 2. The molecule has 1 saturated carbocycles. The van der Waals surface area contributed by atoms with Crippen LogP contribution in [0.5, 0.6) is 5.75 Å². The zero-order chi connectivity index (χ0) is 11.7. The van der Waals surface area contributed by atoms with E-state index >= 15 is 0 Å². The highest BCUT2D eigenvalue weighted by atomic mass is 16.5. The Labute approximate surface area is 103 Å². The van der Waals surface area contributed by atoms with Crippen LogP contribution < -0.4 is 10.1 Å². The van der Waals surface area contributed by atoms with Crippen LogP contribution >= 0.6 is 0 Å². The molecule has 1 unspecified atom stereocenters. The van der Waals surface area contributed by atoms with Gasteiger partial charge < -0.3 is 10.1 Å². The minimum absolute atomic E-state index is 0.483. The largest absolute Gasteiger partial charge is 0.493 e. The monoisotopic (exact) mass is 231 g/mol. The fourth-order valence-electron chi connectivity index (χ4n) is 3.08. The summed E-state index contributed by atoms with van der Waals surface area (Å²) < 4.78 is 5.92. The molecule has 1 aromatic carbocycles. The summed E-state index contributed by atoms with van der Waals surface area (Å²) in [6.45, 7) is 0.880. The number of fused-ring (bicyclic) bond motifs is 1. The van der Waals surface area contributed by atoms with E-state index in [0.717, 1.165) is 18.9 Å². The number of para-hydroxylation sites is 1. The summed E-state index contributed by atoms with van der Waals surface area (Å²) in [4.78, 5) is 0. The second-order valence-corrected chi connectivity index (χ2v) is 5.24. The van der Waals surface area contributed by atoms with Crippen LogP contribution in [0.2, 0.25) is 0 Å². The molecule has 1 aliphatic heterocycles. The van der Waals surface area contributed by atoms with Gasteiger partial charge in [0.1, 0.15) is 5.75 Å². The van der Waals surface area contributed by atoms with E-state index in [4.69, 9.17) is 4.74 Å². The van der Waals surface area contributed by atoms with Crippen molar-refractivity contribution in [2.45, 2.75) is 38.1 Å². The van der Waals surface area contributed by atoms with Crippen molar-refractivity contribution in [3.8, 4) is 5.75 Å². The lowest BCUT2D eigenvalue weighted by Gasteiger charge is -2.35. The van der Waals surface area contributed by atoms with Crippen molar-refractivity contribution in [1.29, 1.82) is 0 Å². The van der Waals surface area contributed by atoms with Crippen molar-refractivity contribution in [3.05, 3.63) is 29.3 Å². The lowest BCUT2D eigenvalue weighted by Crippen LogP contribution is -2.30. The van der Waals surface area contributed by atoms with Gasteiger partial charge in [0, 0.05) is 11.6 Å². The van der Waals surface area contributed by atoms with E-state index in [1.54, 1.807) is 0 Å². The minimum Gasteiger partial charge on any atom is -0.493 e. The van der Waals surface area contributed by atoms with E-state index in [0.29, 0.717) is 6.04 Å². The van der Waals surface area contributed by atoms with Gasteiger partial charge >= 0.3 is 0 Å². The van der Waals surface area contributed by atoms with E-state index in [-0.39, 0.29) is 0 Å². The molecular formula is C15H21NO. The molecule has 1 heterocycles. The maximum Gasteiger partial charge on any atom is 0.127 e. The first-order chi connectivity index (χ1) is 8.40. The second-order valence-electron chi connectivity index (χ2n) is 5.24. The Balaban J connectivity index is 1.94. The third-order valence-electron chi connectivity index (χ3n) is 4.23. The molecule has 0 saturated heterocycles. The van der Waals surface area contributed by atoms with Gasteiger partial charge in [0.2, 0.25) is 0 Å². The molecule has 1 N–H and O–H groups in total. The highest BCUT2D eigenvalue weighted by Gasteiger charge is 2.30. The zero-order valence-electron chi connectivity index (χ0n) is 10.5. The summed E-state index contributed by atoms with van der Waals surface area (Å²) in [5, 5.41) is 3.49. The van der Waals surface area contributed by atoms with Gasteiger partial charge in [-0.2, -0.15) is 0 Å². The normalized spacial score (nSPS) is 21.2. The molecule has 1 atom stereocenters. The number of aryl methyl sites for hydroxylation is 1. The molecule has 0 radical (unpaired) electrons. The van der Waals surface area contributed by atoms with Crippen LogP contribution in [0.25, 0.3) is 0 Å². The molecule has 2 nitrogen and oxygen atoms in total. The van der Waals surface area contributed by atoms with Gasteiger partial charge in [-0.1, -0.05) is 24.6 Å². The number of ether oxygens (including phenoxy) is 1. The van der Waals surface area contributed by atoms with Gasteiger partial charge in [0.05, 0.1) is 6.61 Å². The average Bonchev–Trinajstić information content (AvgIpc) is 2.33. The number of nitrogens with one attached hydrogen (secondary N) is 1. The third-order valence-corrected chi connectivity index (χ3v) is 4.23. The van der Waals surface area contributed by atoms with E-state index in [2.05, 4.69) is 30.6 Å². The van der Waals surface area contributed by atoms with Crippen molar-refractivity contribution >= 4 is 0 Å². The average molecular weight is 231 g/mol. The molecule has 0 spiro atoms. The van der Waals surface area contributed by atoms with Gasteiger partial charge in [-0.05, 0) is 44.2 Å². The lowest BCUT2D eigenvalue weighted by molar-refractivity contribution is 0.226. The standard InChI is InChI=1S/C15H21NO/c1-16-14(11-5-2-6-11)13-9-3-7-12-8-4-10-17-15(12)13/h3,7,9,11,14,16H,2,4-6,8,10H2,1H3. The fraction of sp³-hybridized carbons (Fsp3) is 0.600. The van der Waals surface area contributed by atoms with Crippen LogP contribution in [-0.2, 0) is 6.42 Å². The molecule has 1 aromatic rings. The van der Waals surface area contributed by atoms with Crippen LogP contribution in [-0.4, -0.2) is 13.7 Å². The quantitative estimate of drug-likeness (QED) is 0.863. The highest BCUT2D eigenvalue weighted by Crippen LogP contribution is 2.42. The van der Waals surface area contributed by atoms with Crippen LogP contribution in [0.15, 0.2) is 18.2 Å². The van der Waals surface area contributed by atoms with Gasteiger partial charge in [-0.15, -0.1) is 0 Å². The number of benzene rings is 1. The number of hydrogen-bond donors (Lipinski definition) is 1. The molecule has 17 heavy (non-hydrogen) atoms. The van der Waals surface area contributed by atoms with Gasteiger partial charge in [0.15, 0.2) is 0 Å². The predicted molar refractivity (Wildman–Crippen MR) is 69.4 cm³/mol. The van der Waals surface area contributed by atoms with Crippen LogP contribution in [0.1, 0.15) is 42.9 Å². The van der Waals surface area contributed by atoms with Crippen molar-refractivity contribution < 1.29 is 4.74 Å². The molecule has 92 valence electrons. The molecule has 2 heteroatoms. The summed E-state index contributed by atoms with van der Waals surface area (Å²) in [7, 11) is 2.07. The van der Waals surface area contributed by atoms with Gasteiger partial charge in [-0.25, -0.2) is 0 Å². The topological polar surface area (TPSA) is 21.3 Å². The summed E-state index contributed by atoms with van der Waals surface area (Å²) in [5.41, 5.74) is 2.78. The SMILES string of the molecule is CNC(c1cccc2c1OCCC2)C1CCC1. The predicted octanol–water partition coefficient (Wildman–Crippen LogP) is 3.07. The van der Waals surface area contributed by atoms with Crippen molar-refractivity contribution in [3.63, 3.8) is 0 Å². The van der Waals surface area contributed by atoms with E-state index in [1.807, 2.05) is 0 Å². The van der Waals surface area contributed by atoms with Gasteiger partial charge in [-0.3, -0.25) is 0 Å². The third kappa shape index (κ3) is 1.95. The molecule has 0 aromatic heterocycles. The highest BCUT2D eigenvalue weighted by molar-refractivity contribution is 5.44. The minimum atomic E-state index is 0.483. The smallest absolute Gasteiger partial charge is 0.127 e. The molecule has 1 fully saturated rings. The Bertz CT molecular complexity index is 398. The molecule has 3 rings (SSSR count). The summed E-state index contributed by atoms with van der Waals surface area (Å²) in [5.74, 6) is 1.97. The van der Waals surface area contributed by atoms with Crippen LogP contribution in [0, 0.1) is 5.92 Å². The Hall–Kier alpha value is -1.02. The lowest BCUT2D eigenvalue weighted by atomic mass is 9.76. The van der Waals surface area contributed by atoms with Crippen molar-refractivity contribution in [2.24, 2.45) is 5.92 Å². The Morgan fingerprint density at radius 2 is 2.18 bits per heavy atom. The molecule has 0 amide bonds. The molecule has 0 bridgehead atoms. The molecule has 2 aliphatic rings. The summed E-state index contributed by atoms with van der Waals surface area (Å²) >= 11 is 0. The maximum absolute atomic E-state index is 5.92. The van der Waals surface area contributed by atoms with E-state index < -0.39 is 0 Å². The van der Waals surface area contributed by atoms with Crippen LogP contribution in [0.4, 0.5) is 0 Å². The van der Waals surface area contributed by atoms with Crippen LogP contribution in [0.3, 0.4) is 0 Å². The molecular weight excluding hydrogens is 210 g/mol. The Morgan fingerprint density at radius 3 is 2.88 bits per heavy atom. The first-order valence-corrected chi connectivity index (χ1v) is 6.82. The summed E-state index contributed by atoms with van der Waals surface area (Å²) in [6.07, 6.45) is 6.43. The van der Waals surface area contributed by atoms with Crippen molar-refractivity contribution in [2.75, 3.05) is 13.7 Å². The molecule has 1 aliphatic carbocycles.